The second-order valence-electron chi connectivity index (χ2n) is 6.83. The highest BCUT2D eigenvalue weighted by atomic mass is 35.5. The molecule has 0 amide bonds. The third kappa shape index (κ3) is 2.95. The van der Waals surface area contributed by atoms with Crippen molar-refractivity contribution in [3.8, 4) is 11.4 Å². The van der Waals surface area contributed by atoms with Gasteiger partial charge in [-0.15, -0.1) is 0 Å². The highest BCUT2D eigenvalue weighted by Crippen LogP contribution is 2.39. The number of nitrogen functional groups attached to an aromatic ring is 1. The summed E-state index contributed by atoms with van der Waals surface area (Å²) in [5.74, 6) is 2.56. The van der Waals surface area contributed by atoms with Crippen LogP contribution in [0, 0.1) is 0 Å². The van der Waals surface area contributed by atoms with Gasteiger partial charge in [-0.05, 0) is 0 Å². The molecular formula is C17H20ClN7O2. The molecule has 0 aromatic carbocycles. The van der Waals surface area contributed by atoms with Crippen LogP contribution in [0.2, 0.25) is 5.15 Å². The molecule has 0 spiro atoms. The molecule has 2 fully saturated rings. The maximum absolute atomic E-state index is 6.31. The van der Waals surface area contributed by atoms with Crippen LogP contribution in [0.25, 0.3) is 11.4 Å². The van der Waals surface area contributed by atoms with Crippen LogP contribution < -0.4 is 15.5 Å². The van der Waals surface area contributed by atoms with Gasteiger partial charge >= 0.3 is 0 Å². The molecule has 2 aromatic rings. The molecule has 1 unspecified atom stereocenters. The summed E-state index contributed by atoms with van der Waals surface area (Å²) in [6.07, 6.45) is 2.47. The lowest BCUT2D eigenvalue weighted by atomic mass is 10.1. The van der Waals surface area contributed by atoms with Crippen LogP contribution >= 0.6 is 11.6 Å². The first-order valence-corrected chi connectivity index (χ1v) is 9.45. The lowest BCUT2D eigenvalue weighted by Crippen LogP contribution is -2.43. The second-order valence-corrected chi connectivity index (χ2v) is 7.19. The standard InChI is InChI=1S/C17H20ClN7O2/c18-13-12(8-20-17(19)21-13)14-22-15(24-1-4-26-5-2-24)11-7-10-9-27-6-3-25(10)16(11)23-14/h8,10H,1-7,9H2,(H2,19,20,21). The largest absolute Gasteiger partial charge is 0.378 e. The maximum Gasteiger partial charge on any atom is 0.221 e. The number of anilines is 3. The fraction of sp³-hybridized carbons (Fsp3) is 0.529. The summed E-state index contributed by atoms with van der Waals surface area (Å²) < 4.78 is 11.2. The molecule has 9 nitrogen and oxygen atoms in total. The summed E-state index contributed by atoms with van der Waals surface area (Å²) in [6.45, 7) is 5.22. The summed E-state index contributed by atoms with van der Waals surface area (Å²) in [7, 11) is 0. The van der Waals surface area contributed by atoms with E-state index in [0.29, 0.717) is 43.9 Å². The number of halogens is 1. The lowest BCUT2D eigenvalue weighted by molar-refractivity contribution is 0.0973. The zero-order valence-electron chi connectivity index (χ0n) is 14.8. The fourth-order valence-electron chi connectivity index (χ4n) is 3.90. The zero-order chi connectivity index (χ0) is 18.4. The van der Waals surface area contributed by atoms with E-state index < -0.39 is 0 Å². The van der Waals surface area contributed by atoms with E-state index >= 15 is 0 Å². The number of hydrogen-bond acceptors (Lipinski definition) is 9. The van der Waals surface area contributed by atoms with Crippen molar-refractivity contribution in [1.82, 2.24) is 19.9 Å². The second kappa shape index (κ2) is 6.74. The molecule has 0 aliphatic carbocycles. The SMILES string of the molecule is Nc1ncc(-c2nc(N3CCOCC3)c3c(n2)N2CCOCC2C3)c(Cl)n1. The molecule has 3 aliphatic rings. The van der Waals surface area contributed by atoms with Crippen LogP contribution in [0.3, 0.4) is 0 Å². The van der Waals surface area contributed by atoms with Gasteiger partial charge in [0.1, 0.15) is 16.8 Å². The smallest absolute Gasteiger partial charge is 0.221 e. The zero-order valence-corrected chi connectivity index (χ0v) is 15.5. The van der Waals surface area contributed by atoms with Gasteiger partial charge < -0.3 is 25.0 Å². The summed E-state index contributed by atoms with van der Waals surface area (Å²) in [6, 6.07) is 0.302. The molecule has 2 aromatic heterocycles. The minimum Gasteiger partial charge on any atom is -0.378 e. The molecule has 5 heterocycles. The van der Waals surface area contributed by atoms with E-state index in [1.807, 2.05) is 0 Å². The Bertz CT molecular complexity index is 875. The average molecular weight is 390 g/mol. The molecule has 3 aliphatic heterocycles. The van der Waals surface area contributed by atoms with Crippen LogP contribution in [0.5, 0.6) is 0 Å². The summed E-state index contributed by atoms with van der Waals surface area (Å²) in [5.41, 5.74) is 7.39. The summed E-state index contributed by atoms with van der Waals surface area (Å²) in [4.78, 5) is 22.4. The maximum atomic E-state index is 6.31. The van der Waals surface area contributed by atoms with Crippen molar-refractivity contribution in [2.45, 2.75) is 12.5 Å². The molecule has 10 heteroatoms. The fourth-order valence-corrected chi connectivity index (χ4v) is 4.12. The van der Waals surface area contributed by atoms with E-state index in [2.05, 4.69) is 19.8 Å². The van der Waals surface area contributed by atoms with Gasteiger partial charge in [0.05, 0.1) is 38.0 Å². The van der Waals surface area contributed by atoms with Crippen molar-refractivity contribution >= 4 is 29.2 Å². The van der Waals surface area contributed by atoms with Gasteiger partial charge in [0, 0.05) is 37.8 Å². The van der Waals surface area contributed by atoms with Crippen LogP contribution in [0.4, 0.5) is 17.6 Å². The first-order valence-electron chi connectivity index (χ1n) is 9.07. The molecule has 5 rings (SSSR count). The van der Waals surface area contributed by atoms with Crippen molar-refractivity contribution in [1.29, 1.82) is 0 Å². The number of morpholine rings is 2. The molecule has 2 saturated heterocycles. The lowest BCUT2D eigenvalue weighted by Gasteiger charge is -2.31. The molecule has 0 radical (unpaired) electrons. The average Bonchev–Trinajstić information content (AvgIpc) is 3.07. The van der Waals surface area contributed by atoms with Crippen molar-refractivity contribution in [3.63, 3.8) is 0 Å². The van der Waals surface area contributed by atoms with Crippen molar-refractivity contribution < 1.29 is 9.47 Å². The number of nitrogens with two attached hydrogens (primary N) is 1. The highest BCUT2D eigenvalue weighted by Gasteiger charge is 2.37. The first-order chi connectivity index (χ1) is 13.2. The van der Waals surface area contributed by atoms with E-state index in [1.54, 1.807) is 6.20 Å². The molecule has 0 saturated carbocycles. The number of hydrogen-bond donors (Lipinski definition) is 1. The Balaban J connectivity index is 1.64. The monoisotopic (exact) mass is 389 g/mol. The predicted octanol–water partition coefficient (Wildman–Crippen LogP) is 0.767. The van der Waals surface area contributed by atoms with E-state index in [0.717, 1.165) is 37.7 Å². The van der Waals surface area contributed by atoms with Gasteiger partial charge in [-0.1, -0.05) is 11.6 Å². The number of ether oxygens (including phenoxy) is 2. The van der Waals surface area contributed by atoms with Crippen LogP contribution in [-0.4, -0.2) is 72.0 Å². The van der Waals surface area contributed by atoms with E-state index in [1.165, 1.54) is 5.56 Å². The van der Waals surface area contributed by atoms with Gasteiger partial charge in [-0.2, -0.15) is 0 Å². The topological polar surface area (TPSA) is 103 Å². The number of nitrogens with zero attached hydrogens (tertiary/aromatic N) is 6. The Hall–Kier alpha value is -2.23. The van der Waals surface area contributed by atoms with Crippen LogP contribution in [0.1, 0.15) is 5.56 Å². The Morgan fingerprint density at radius 2 is 1.81 bits per heavy atom. The predicted molar refractivity (Wildman–Crippen MR) is 101 cm³/mol. The van der Waals surface area contributed by atoms with Gasteiger partial charge in [0.15, 0.2) is 5.82 Å². The molecular weight excluding hydrogens is 370 g/mol. The van der Waals surface area contributed by atoms with Crippen molar-refractivity contribution in [3.05, 3.63) is 16.9 Å². The van der Waals surface area contributed by atoms with Gasteiger partial charge in [0.25, 0.3) is 0 Å². The Labute approximate surface area is 161 Å². The molecule has 2 N–H and O–H groups in total. The minimum atomic E-state index is 0.131. The third-order valence-corrected chi connectivity index (χ3v) is 5.50. The molecule has 1 atom stereocenters. The van der Waals surface area contributed by atoms with Gasteiger partial charge in [0.2, 0.25) is 5.95 Å². The van der Waals surface area contributed by atoms with Crippen molar-refractivity contribution in [2.24, 2.45) is 0 Å². The number of rotatable bonds is 2. The Morgan fingerprint density at radius 1 is 1.04 bits per heavy atom. The summed E-state index contributed by atoms with van der Waals surface area (Å²) in [5, 5.41) is 0.256. The number of fused-ring (bicyclic) bond motifs is 3. The quantitative estimate of drug-likeness (QED) is 0.746. The van der Waals surface area contributed by atoms with Crippen molar-refractivity contribution in [2.75, 3.05) is 61.6 Å². The molecule has 0 bridgehead atoms. The highest BCUT2D eigenvalue weighted by molar-refractivity contribution is 6.32. The Morgan fingerprint density at radius 3 is 2.63 bits per heavy atom. The summed E-state index contributed by atoms with van der Waals surface area (Å²) >= 11 is 6.31. The molecule has 27 heavy (non-hydrogen) atoms. The van der Waals surface area contributed by atoms with Gasteiger partial charge in [-0.25, -0.2) is 19.9 Å². The normalized spacial score (nSPS) is 21.9. The first kappa shape index (κ1) is 16.9. The van der Waals surface area contributed by atoms with Gasteiger partial charge in [-0.3, -0.25) is 0 Å². The van der Waals surface area contributed by atoms with E-state index in [9.17, 15) is 0 Å². The Kier molecular flexibility index (Phi) is 4.22. The number of aromatic nitrogens is 4. The third-order valence-electron chi connectivity index (χ3n) is 5.22. The van der Waals surface area contributed by atoms with Crippen LogP contribution in [-0.2, 0) is 15.9 Å². The van der Waals surface area contributed by atoms with E-state index in [4.69, 9.17) is 36.8 Å². The molecule has 142 valence electrons. The van der Waals surface area contributed by atoms with E-state index in [-0.39, 0.29) is 11.1 Å². The minimum absolute atomic E-state index is 0.131. The van der Waals surface area contributed by atoms with Crippen LogP contribution in [0.15, 0.2) is 6.20 Å².